The topological polar surface area (TPSA) is 132 Å². The van der Waals surface area contributed by atoms with E-state index < -0.39 is 36.4 Å². The minimum Gasteiger partial charge on any atom is -0.481 e. The fourth-order valence-electron chi connectivity index (χ4n) is 0.714. The molecule has 0 aliphatic heterocycles. The molecule has 0 bridgehead atoms. The average Bonchev–Trinajstić information content (AvgIpc) is 1.82. The van der Waals surface area contributed by atoms with Gasteiger partial charge in [-0.25, -0.2) is 4.79 Å². The molecule has 0 saturated carbocycles. The van der Waals surface area contributed by atoms with Crippen LogP contribution >= 0.6 is 0 Å². The van der Waals surface area contributed by atoms with Crippen LogP contribution in [0.1, 0.15) is 12.8 Å². The molecule has 0 aliphatic rings. The summed E-state index contributed by atoms with van der Waals surface area (Å²) in [6.07, 6.45) is -2.29. The molecule has 15 heavy (non-hydrogen) atoms. The summed E-state index contributed by atoms with van der Waals surface area (Å²) in [5.41, 5.74) is -2.74. The molecule has 0 radical (unpaired) electrons. The second kappa shape index (κ2) is 8.19. The molecule has 0 spiro atoms. The fraction of sp³-hybridized carbons (Fsp3) is 0.429. The van der Waals surface area contributed by atoms with Gasteiger partial charge in [-0.15, -0.1) is 0 Å². The summed E-state index contributed by atoms with van der Waals surface area (Å²) in [4.78, 5) is 30.5. The summed E-state index contributed by atoms with van der Waals surface area (Å²) < 4.78 is 0. The molecule has 8 heteroatoms. The summed E-state index contributed by atoms with van der Waals surface area (Å²) in [5, 5.41) is 33.8. The van der Waals surface area contributed by atoms with E-state index in [0.717, 1.165) is 0 Å². The minimum atomic E-state index is -2.74. The van der Waals surface area contributed by atoms with Gasteiger partial charge in [0.1, 0.15) is 0 Å². The Balaban J connectivity index is -0.000000720. The van der Waals surface area contributed by atoms with E-state index in [1.54, 1.807) is 0 Å². The molecule has 0 aromatic rings. The molecule has 74 valence electrons. The first-order valence-electron chi connectivity index (χ1n) is 3.17. The summed E-state index contributed by atoms with van der Waals surface area (Å²) >= 11 is 0. The number of aliphatic hydroxyl groups is 1. The molecule has 0 heterocycles. The Kier molecular flexibility index (Phi) is 11.2. The smallest absolute Gasteiger partial charge is 0.481 e. The normalized spacial score (nSPS) is 9.40. The van der Waals surface area contributed by atoms with Crippen LogP contribution in [0.15, 0.2) is 0 Å². The Labute approximate surface area is 129 Å². The van der Waals surface area contributed by atoms with Crippen LogP contribution < -0.4 is 51.4 Å². The Bertz CT molecular complexity index is 234. The maximum atomic E-state index is 10.3. The van der Waals surface area contributed by atoms with E-state index in [0.29, 0.717) is 0 Å². The Morgan fingerprint density at radius 3 is 1.33 bits per heavy atom. The van der Waals surface area contributed by atoms with Gasteiger partial charge in [0.2, 0.25) is 0 Å². The molecule has 0 saturated heterocycles. The average molecular weight is 243 g/mol. The van der Waals surface area contributed by atoms with Crippen LogP contribution in [-0.2, 0) is 14.4 Å². The third kappa shape index (κ3) is 7.88. The molecule has 0 aromatic carbocycles. The zero-order chi connectivity index (χ0) is 10.6. The third-order valence-corrected chi connectivity index (χ3v) is 1.29. The van der Waals surface area contributed by atoms with Gasteiger partial charge >= 0.3 is 76.7 Å². The summed E-state index contributed by atoms with van der Waals surface area (Å²) in [6, 6.07) is 0. The number of rotatable bonds is 5. The molecule has 0 aliphatic carbocycles. The number of carboxylic acids is 3. The van der Waals surface area contributed by atoms with E-state index in [4.69, 9.17) is 20.4 Å². The second-order valence-electron chi connectivity index (χ2n) is 2.48. The zero-order valence-corrected chi connectivity index (χ0v) is 11.1. The van der Waals surface area contributed by atoms with Crippen molar-refractivity contribution in [2.24, 2.45) is 0 Å². The van der Waals surface area contributed by atoms with Gasteiger partial charge in [0.15, 0.2) is 5.60 Å². The number of hydrogen-bond acceptors (Lipinski definition) is 4. The van der Waals surface area contributed by atoms with Crippen molar-refractivity contribution in [3.05, 3.63) is 7.43 Å². The van der Waals surface area contributed by atoms with Gasteiger partial charge in [-0.2, -0.15) is 0 Å². The molecule has 4 N–H and O–H groups in total. The standard InChI is InChI=1S/C6H8O7.C.K/c7-3(8)1-6(13,5(11)12)2-4(9)10;;/h13H,1-2H2,(H,7,8)(H,9,10)(H,11,12);;/q;+4;+1. The van der Waals surface area contributed by atoms with Gasteiger partial charge in [0, 0.05) is 0 Å². The number of hydrogen-bond donors (Lipinski definition) is 4. The van der Waals surface area contributed by atoms with E-state index in [-0.39, 0.29) is 58.8 Å². The predicted octanol–water partition coefficient (Wildman–Crippen LogP) is -4.16. The maximum Gasteiger partial charge on any atom is 4.00 e. The monoisotopic (exact) mass is 243 g/mol. The van der Waals surface area contributed by atoms with Crippen LogP contribution in [0.2, 0.25) is 0 Å². The number of aliphatic carboxylic acids is 3. The molecule has 7 nitrogen and oxygen atoms in total. The van der Waals surface area contributed by atoms with Gasteiger partial charge < -0.3 is 20.4 Å². The van der Waals surface area contributed by atoms with Crippen LogP contribution in [0.25, 0.3) is 0 Å². The van der Waals surface area contributed by atoms with Crippen molar-refractivity contribution in [2.45, 2.75) is 18.4 Å². The van der Waals surface area contributed by atoms with Crippen molar-refractivity contribution < 1.29 is 86.2 Å². The fourth-order valence-corrected chi connectivity index (χ4v) is 0.714. The Morgan fingerprint density at radius 1 is 0.933 bits per heavy atom. The van der Waals surface area contributed by atoms with E-state index in [2.05, 4.69) is 0 Å². The maximum absolute atomic E-state index is 10.3. The quantitative estimate of drug-likeness (QED) is 0.360. The molecule has 0 rings (SSSR count). The van der Waals surface area contributed by atoms with Gasteiger partial charge in [-0.1, -0.05) is 0 Å². The summed E-state index contributed by atoms with van der Waals surface area (Å²) in [6.45, 7) is 0. The van der Waals surface area contributed by atoms with Crippen molar-refractivity contribution in [3.8, 4) is 0 Å². The van der Waals surface area contributed by atoms with Gasteiger partial charge in [-0.05, 0) is 0 Å². The molecule has 0 fully saturated rings. The van der Waals surface area contributed by atoms with Gasteiger partial charge in [-0.3, -0.25) is 9.59 Å². The van der Waals surface area contributed by atoms with Crippen LogP contribution in [0.3, 0.4) is 0 Å². The first-order valence-corrected chi connectivity index (χ1v) is 3.17. The third-order valence-electron chi connectivity index (χ3n) is 1.29. The molecular formula is C7H8KO7+5. The van der Waals surface area contributed by atoms with Crippen molar-refractivity contribution in [1.29, 1.82) is 0 Å². The largest absolute Gasteiger partial charge is 4.00 e. The van der Waals surface area contributed by atoms with E-state index in [1.165, 1.54) is 0 Å². The van der Waals surface area contributed by atoms with E-state index >= 15 is 0 Å². The van der Waals surface area contributed by atoms with E-state index in [9.17, 15) is 14.4 Å². The molecule has 0 atom stereocenters. The van der Waals surface area contributed by atoms with Crippen LogP contribution in [-0.4, -0.2) is 43.9 Å². The van der Waals surface area contributed by atoms with E-state index in [1.807, 2.05) is 0 Å². The first kappa shape index (κ1) is 20.4. The number of carbonyl (C=O) groups is 3. The second-order valence-corrected chi connectivity index (χ2v) is 2.48. The molecule has 0 aromatic heterocycles. The van der Waals surface area contributed by atoms with Crippen molar-refractivity contribution in [3.63, 3.8) is 0 Å². The van der Waals surface area contributed by atoms with Crippen LogP contribution in [0, 0.1) is 7.43 Å². The SMILES string of the molecule is O=C(O)CC(O)(CC(=O)O)C(=O)O.[C+4].[K+]. The van der Waals surface area contributed by atoms with Gasteiger partial charge in [0.05, 0.1) is 12.8 Å². The number of carboxylic acid groups (broad SMARTS) is 3. The molecular weight excluding hydrogens is 235 g/mol. The van der Waals surface area contributed by atoms with Crippen LogP contribution in [0.5, 0.6) is 0 Å². The predicted molar refractivity (Wildman–Crippen MR) is 40.3 cm³/mol. The minimum absolute atomic E-state index is 0. The Hall–Kier alpha value is 0.00636. The van der Waals surface area contributed by atoms with Gasteiger partial charge in [0.25, 0.3) is 0 Å². The Morgan fingerprint density at radius 2 is 1.20 bits per heavy atom. The molecule has 0 unspecified atom stereocenters. The summed E-state index contributed by atoms with van der Waals surface area (Å²) in [5.74, 6) is -5.02. The molecule has 0 amide bonds. The van der Waals surface area contributed by atoms with Crippen molar-refractivity contribution in [2.75, 3.05) is 0 Å². The van der Waals surface area contributed by atoms with Crippen molar-refractivity contribution >= 4 is 17.9 Å². The van der Waals surface area contributed by atoms with Crippen molar-refractivity contribution in [1.82, 2.24) is 0 Å². The summed E-state index contributed by atoms with van der Waals surface area (Å²) in [7, 11) is 0. The first-order chi connectivity index (χ1) is 5.78. The van der Waals surface area contributed by atoms with Crippen LogP contribution in [0.4, 0.5) is 0 Å². The zero-order valence-electron chi connectivity index (χ0n) is 7.93.